The molecule has 1 unspecified atom stereocenters. The molecule has 0 N–H and O–H groups in total. The van der Waals surface area contributed by atoms with Crippen molar-refractivity contribution in [1.29, 1.82) is 0 Å². The number of carbonyl (C=O) groups is 1. The number of fused-ring (bicyclic) bond motifs is 2. The molecule has 32 heavy (non-hydrogen) atoms. The number of carbonyl (C=O) groups excluding carboxylic acids is 1. The summed E-state index contributed by atoms with van der Waals surface area (Å²) in [5, 5.41) is 1.54. The van der Waals surface area contributed by atoms with Crippen molar-refractivity contribution in [2.75, 3.05) is 26.2 Å². The van der Waals surface area contributed by atoms with Gasteiger partial charge in [-0.2, -0.15) is 0 Å². The summed E-state index contributed by atoms with van der Waals surface area (Å²) in [5.41, 5.74) is 1.10. The van der Waals surface area contributed by atoms with Crippen LogP contribution in [0.25, 0.3) is 11.0 Å². The van der Waals surface area contributed by atoms with E-state index in [-0.39, 0.29) is 17.1 Å². The standard InChI is InChI=1S/C24H23Cl3N2O3/c1-3-28(4-2)10-5-11-29-21(14-6-8-17(26)18(27)12-14)20-22(30)16-13-15(25)7-9-19(16)32-23(20)24(29)31/h6-9,12-13,21H,3-5,10-11H2,1-2H3. The van der Waals surface area contributed by atoms with Crippen molar-refractivity contribution in [2.24, 2.45) is 0 Å². The van der Waals surface area contributed by atoms with E-state index in [4.69, 9.17) is 39.2 Å². The van der Waals surface area contributed by atoms with E-state index in [0.717, 1.165) is 26.1 Å². The number of hydrogen-bond donors (Lipinski definition) is 0. The highest BCUT2D eigenvalue weighted by atomic mass is 35.5. The van der Waals surface area contributed by atoms with Gasteiger partial charge in [-0.25, -0.2) is 0 Å². The first-order valence-electron chi connectivity index (χ1n) is 10.6. The van der Waals surface area contributed by atoms with Crippen LogP contribution in [0.3, 0.4) is 0 Å². The van der Waals surface area contributed by atoms with Gasteiger partial charge in [-0.3, -0.25) is 9.59 Å². The molecule has 0 fully saturated rings. The second-order valence-electron chi connectivity index (χ2n) is 7.77. The first kappa shape index (κ1) is 23.1. The van der Waals surface area contributed by atoms with Gasteiger partial charge in [0.15, 0.2) is 5.43 Å². The lowest BCUT2D eigenvalue weighted by Crippen LogP contribution is -2.33. The van der Waals surface area contributed by atoms with Gasteiger partial charge in [0.2, 0.25) is 5.76 Å². The summed E-state index contributed by atoms with van der Waals surface area (Å²) in [5.74, 6) is -0.228. The van der Waals surface area contributed by atoms with Crippen LogP contribution in [0.15, 0.2) is 45.6 Å². The topological polar surface area (TPSA) is 53.8 Å². The number of halogens is 3. The van der Waals surface area contributed by atoms with Crippen molar-refractivity contribution in [3.8, 4) is 0 Å². The molecule has 1 aliphatic rings. The Bertz CT molecular complexity index is 1240. The molecule has 3 aromatic rings. The highest BCUT2D eigenvalue weighted by Crippen LogP contribution is 2.40. The van der Waals surface area contributed by atoms with E-state index in [0.29, 0.717) is 43.7 Å². The van der Waals surface area contributed by atoms with E-state index in [1.54, 1.807) is 41.3 Å². The zero-order valence-electron chi connectivity index (χ0n) is 17.8. The van der Waals surface area contributed by atoms with Gasteiger partial charge in [0, 0.05) is 11.6 Å². The van der Waals surface area contributed by atoms with Crippen molar-refractivity contribution in [1.82, 2.24) is 9.80 Å². The number of nitrogens with zero attached hydrogens (tertiary/aromatic N) is 2. The van der Waals surface area contributed by atoms with E-state index in [2.05, 4.69) is 18.7 Å². The molecular formula is C24H23Cl3N2O3. The van der Waals surface area contributed by atoms with Crippen molar-refractivity contribution in [3.63, 3.8) is 0 Å². The molecule has 1 aliphatic heterocycles. The molecule has 8 heteroatoms. The fourth-order valence-electron chi connectivity index (χ4n) is 4.26. The molecule has 0 saturated heterocycles. The van der Waals surface area contributed by atoms with Crippen LogP contribution >= 0.6 is 34.8 Å². The Morgan fingerprint density at radius 3 is 2.44 bits per heavy atom. The van der Waals surface area contributed by atoms with E-state index < -0.39 is 6.04 Å². The van der Waals surface area contributed by atoms with Crippen LogP contribution < -0.4 is 5.43 Å². The number of benzene rings is 2. The molecule has 0 aliphatic carbocycles. The second kappa shape index (κ2) is 9.44. The molecule has 1 amide bonds. The van der Waals surface area contributed by atoms with Crippen LogP contribution in [0.1, 0.15) is 48.0 Å². The zero-order chi connectivity index (χ0) is 23.0. The largest absolute Gasteiger partial charge is 0.450 e. The fourth-order valence-corrected chi connectivity index (χ4v) is 4.74. The molecule has 1 aromatic heterocycles. The monoisotopic (exact) mass is 492 g/mol. The van der Waals surface area contributed by atoms with Crippen molar-refractivity contribution in [2.45, 2.75) is 26.3 Å². The Morgan fingerprint density at radius 1 is 1.00 bits per heavy atom. The Balaban J connectivity index is 1.82. The van der Waals surface area contributed by atoms with Crippen LogP contribution in [0.2, 0.25) is 15.1 Å². The van der Waals surface area contributed by atoms with Crippen LogP contribution in [-0.4, -0.2) is 41.9 Å². The second-order valence-corrected chi connectivity index (χ2v) is 9.02. The summed E-state index contributed by atoms with van der Waals surface area (Å²) in [7, 11) is 0. The summed E-state index contributed by atoms with van der Waals surface area (Å²) in [6.07, 6.45) is 0.763. The third-order valence-electron chi connectivity index (χ3n) is 5.95. The molecule has 0 radical (unpaired) electrons. The first-order valence-corrected chi connectivity index (χ1v) is 11.7. The smallest absolute Gasteiger partial charge is 0.290 e. The van der Waals surface area contributed by atoms with Gasteiger partial charge >= 0.3 is 0 Å². The highest BCUT2D eigenvalue weighted by Gasteiger charge is 2.42. The Hall–Kier alpha value is -2.05. The summed E-state index contributed by atoms with van der Waals surface area (Å²) < 4.78 is 5.94. The molecule has 5 nitrogen and oxygen atoms in total. The number of amides is 1. The first-order chi connectivity index (χ1) is 15.3. The van der Waals surface area contributed by atoms with Gasteiger partial charge in [-0.1, -0.05) is 54.7 Å². The van der Waals surface area contributed by atoms with E-state index >= 15 is 0 Å². The molecule has 4 rings (SSSR count). The minimum atomic E-state index is -0.608. The van der Waals surface area contributed by atoms with Gasteiger partial charge in [0.25, 0.3) is 5.91 Å². The van der Waals surface area contributed by atoms with Crippen LogP contribution in [0, 0.1) is 0 Å². The molecule has 0 spiro atoms. The highest BCUT2D eigenvalue weighted by molar-refractivity contribution is 6.42. The van der Waals surface area contributed by atoms with E-state index in [9.17, 15) is 9.59 Å². The van der Waals surface area contributed by atoms with Crippen molar-refractivity contribution >= 4 is 51.7 Å². The minimum Gasteiger partial charge on any atom is -0.450 e. The lowest BCUT2D eigenvalue weighted by molar-refractivity contribution is 0.0720. The van der Waals surface area contributed by atoms with Crippen LogP contribution in [0.4, 0.5) is 0 Å². The lowest BCUT2D eigenvalue weighted by Gasteiger charge is -2.27. The molecule has 2 aromatic carbocycles. The molecule has 168 valence electrons. The maximum absolute atomic E-state index is 13.5. The summed E-state index contributed by atoms with van der Waals surface area (Å²) in [6.45, 7) is 7.41. The molecule has 1 atom stereocenters. The maximum atomic E-state index is 13.5. The van der Waals surface area contributed by atoms with Gasteiger partial charge < -0.3 is 14.2 Å². The molecular weight excluding hydrogens is 471 g/mol. The van der Waals surface area contributed by atoms with Gasteiger partial charge in [-0.15, -0.1) is 0 Å². The van der Waals surface area contributed by atoms with E-state index in [1.807, 2.05) is 0 Å². The molecule has 2 heterocycles. The number of rotatable bonds is 7. The predicted octanol–water partition coefficient (Wildman–Crippen LogP) is 6.03. The maximum Gasteiger partial charge on any atom is 0.290 e. The fraction of sp³-hybridized carbons (Fsp3) is 0.333. The average molecular weight is 494 g/mol. The summed E-state index contributed by atoms with van der Waals surface area (Å²) in [4.78, 5) is 30.9. The summed E-state index contributed by atoms with van der Waals surface area (Å²) in [6, 6.07) is 9.39. The molecule has 0 saturated carbocycles. The van der Waals surface area contributed by atoms with E-state index in [1.165, 1.54) is 0 Å². The Morgan fingerprint density at radius 2 is 1.75 bits per heavy atom. The number of hydrogen-bond acceptors (Lipinski definition) is 4. The average Bonchev–Trinajstić information content (AvgIpc) is 3.06. The molecule has 0 bridgehead atoms. The minimum absolute atomic E-state index is 0.0729. The predicted molar refractivity (Wildman–Crippen MR) is 129 cm³/mol. The van der Waals surface area contributed by atoms with Gasteiger partial charge in [0.05, 0.1) is 27.0 Å². The van der Waals surface area contributed by atoms with Crippen molar-refractivity contribution in [3.05, 3.63) is 78.6 Å². The quantitative estimate of drug-likeness (QED) is 0.403. The lowest BCUT2D eigenvalue weighted by atomic mass is 9.98. The van der Waals surface area contributed by atoms with Gasteiger partial charge in [0.1, 0.15) is 5.58 Å². The SMILES string of the molecule is CCN(CC)CCCN1C(=O)c2oc3ccc(Cl)cc3c(=O)c2C1c1ccc(Cl)c(Cl)c1. The van der Waals surface area contributed by atoms with Crippen LogP contribution in [-0.2, 0) is 0 Å². The normalized spacial score (nSPS) is 15.8. The van der Waals surface area contributed by atoms with Gasteiger partial charge in [-0.05, 0) is 62.0 Å². The third kappa shape index (κ3) is 4.15. The van der Waals surface area contributed by atoms with Crippen LogP contribution in [0.5, 0.6) is 0 Å². The summed E-state index contributed by atoms with van der Waals surface area (Å²) >= 11 is 18.5. The van der Waals surface area contributed by atoms with Crippen molar-refractivity contribution < 1.29 is 9.21 Å². The third-order valence-corrected chi connectivity index (χ3v) is 6.93. The Labute approximate surface area is 201 Å². The zero-order valence-corrected chi connectivity index (χ0v) is 20.1. The Kier molecular flexibility index (Phi) is 6.82.